The minimum atomic E-state index is -0.395. The van der Waals surface area contributed by atoms with Crippen molar-refractivity contribution in [1.82, 2.24) is 20.1 Å². The largest absolute Gasteiger partial charge is 0.349 e. The molecule has 1 aliphatic heterocycles. The molecule has 2 heterocycles. The fourth-order valence-electron chi connectivity index (χ4n) is 5.48. The molecule has 3 aromatic rings. The Hall–Kier alpha value is -3.03. The van der Waals surface area contributed by atoms with Crippen molar-refractivity contribution in [1.29, 1.82) is 0 Å². The molecule has 2 aliphatic carbocycles. The lowest BCUT2D eigenvalue weighted by molar-refractivity contribution is 0.0950. The van der Waals surface area contributed by atoms with E-state index in [1.165, 1.54) is 18.9 Å². The molecule has 194 valence electrons. The van der Waals surface area contributed by atoms with E-state index in [-0.39, 0.29) is 17.5 Å². The molecule has 6 rings (SSSR count). The monoisotopic (exact) mass is 502 g/mol. The van der Waals surface area contributed by atoms with Crippen LogP contribution in [-0.4, -0.2) is 47.1 Å². The Morgan fingerprint density at radius 2 is 1.95 bits per heavy atom. The summed E-state index contributed by atoms with van der Waals surface area (Å²) >= 11 is 0. The lowest BCUT2D eigenvalue weighted by Gasteiger charge is -2.32. The Labute approximate surface area is 216 Å². The van der Waals surface area contributed by atoms with E-state index >= 15 is 0 Å². The fourth-order valence-corrected chi connectivity index (χ4v) is 5.48. The first kappa shape index (κ1) is 24.3. The lowest BCUT2D eigenvalue weighted by atomic mass is 9.94. The molecule has 0 bridgehead atoms. The second-order valence-corrected chi connectivity index (χ2v) is 11.3. The zero-order valence-electron chi connectivity index (χ0n) is 21.6. The summed E-state index contributed by atoms with van der Waals surface area (Å²) in [7, 11) is 0. The molecule has 3 aliphatic rings. The molecule has 6 nitrogen and oxygen atoms in total. The van der Waals surface area contributed by atoms with Gasteiger partial charge in [-0.05, 0) is 97.4 Å². The van der Waals surface area contributed by atoms with Crippen LogP contribution in [0.3, 0.4) is 0 Å². The number of carbonyl (C=O) groups excluding carboxylic acids is 1. The minimum Gasteiger partial charge on any atom is -0.349 e. The van der Waals surface area contributed by atoms with Gasteiger partial charge in [0.1, 0.15) is 5.82 Å². The highest BCUT2D eigenvalue weighted by molar-refractivity contribution is 5.97. The van der Waals surface area contributed by atoms with Crippen molar-refractivity contribution in [2.24, 2.45) is 5.92 Å². The number of pyridine rings is 1. The highest BCUT2D eigenvalue weighted by atomic mass is 19.1. The van der Waals surface area contributed by atoms with Crippen LogP contribution in [0.25, 0.3) is 21.9 Å². The third kappa shape index (κ3) is 5.20. The number of nitrogens with zero attached hydrogens (tertiary/aromatic N) is 2. The Morgan fingerprint density at radius 1 is 1.14 bits per heavy atom. The Bertz CT molecular complexity index is 1420. The maximum atomic E-state index is 15.0. The Kier molecular flexibility index (Phi) is 6.37. The molecular weight excluding hydrogens is 467 g/mol. The highest BCUT2D eigenvalue weighted by Crippen LogP contribution is 2.33. The van der Waals surface area contributed by atoms with E-state index in [0.717, 1.165) is 62.1 Å². The first-order valence-corrected chi connectivity index (χ1v) is 13.6. The summed E-state index contributed by atoms with van der Waals surface area (Å²) in [6, 6.07) is 9.52. The molecule has 1 amide bonds. The van der Waals surface area contributed by atoms with Gasteiger partial charge >= 0.3 is 0 Å². The molecule has 0 radical (unpaired) electrons. The van der Waals surface area contributed by atoms with Crippen LogP contribution in [0, 0.1) is 18.7 Å². The molecule has 1 aromatic heterocycles. The number of fused-ring (bicyclic) bond motifs is 1. The maximum absolute atomic E-state index is 15.0. The first-order valence-electron chi connectivity index (χ1n) is 13.6. The first-order chi connectivity index (χ1) is 17.9. The minimum absolute atomic E-state index is 0.0337. The standard InChI is InChI=1S/C30H35FN4O2/c1-18-14-34(10-9-32-18)16-23-17-35(15-20-3-4-20)30(37)25-8-5-21(11-27(23)25)26-12-22(13-28(31)19(26)2)29(36)33-24-6-7-24/h5,8,11-13,17-18,20,24,32H,3-4,6-7,9-10,14-16H2,1-2H3,(H,33,36)/t18-/m0/s1. The van der Waals surface area contributed by atoms with Crippen LogP contribution >= 0.6 is 0 Å². The van der Waals surface area contributed by atoms with Crippen LogP contribution in [0.5, 0.6) is 0 Å². The van der Waals surface area contributed by atoms with Crippen molar-refractivity contribution in [3.05, 3.63) is 69.4 Å². The summed E-state index contributed by atoms with van der Waals surface area (Å²) in [6.07, 6.45) is 6.37. The van der Waals surface area contributed by atoms with Crippen LogP contribution in [0.2, 0.25) is 0 Å². The quantitative estimate of drug-likeness (QED) is 0.508. The second kappa shape index (κ2) is 9.69. The van der Waals surface area contributed by atoms with Crippen LogP contribution in [0.4, 0.5) is 4.39 Å². The van der Waals surface area contributed by atoms with Gasteiger partial charge in [0.25, 0.3) is 11.5 Å². The highest BCUT2D eigenvalue weighted by Gasteiger charge is 2.26. The van der Waals surface area contributed by atoms with Crippen molar-refractivity contribution < 1.29 is 9.18 Å². The van der Waals surface area contributed by atoms with E-state index in [0.29, 0.717) is 34.0 Å². The SMILES string of the molecule is Cc1c(F)cc(C(=O)NC2CC2)cc1-c1ccc2c(=O)n(CC3CC3)cc(CN3CCN[C@@H](C)C3)c2c1. The second-order valence-electron chi connectivity index (χ2n) is 11.3. The van der Waals surface area contributed by atoms with Crippen molar-refractivity contribution >= 4 is 16.7 Å². The zero-order valence-corrected chi connectivity index (χ0v) is 21.6. The third-order valence-corrected chi connectivity index (χ3v) is 8.00. The number of piperazine rings is 1. The van der Waals surface area contributed by atoms with Gasteiger partial charge in [-0.2, -0.15) is 0 Å². The van der Waals surface area contributed by atoms with Gasteiger partial charge in [-0.1, -0.05) is 6.07 Å². The number of benzene rings is 2. The smallest absolute Gasteiger partial charge is 0.258 e. The van der Waals surface area contributed by atoms with Gasteiger partial charge in [0.15, 0.2) is 0 Å². The summed E-state index contributed by atoms with van der Waals surface area (Å²) in [5, 5.41) is 8.06. The maximum Gasteiger partial charge on any atom is 0.258 e. The third-order valence-electron chi connectivity index (χ3n) is 8.00. The van der Waals surface area contributed by atoms with E-state index in [1.807, 2.05) is 29.0 Å². The van der Waals surface area contributed by atoms with Crippen molar-refractivity contribution in [2.75, 3.05) is 19.6 Å². The number of rotatable bonds is 7. The fraction of sp³-hybridized carbons (Fsp3) is 0.467. The van der Waals surface area contributed by atoms with Crippen molar-refractivity contribution in [3.63, 3.8) is 0 Å². The number of carbonyl (C=O) groups is 1. The Morgan fingerprint density at radius 3 is 2.68 bits per heavy atom. The van der Waals surface area contributed by atoms with Gasteiger partial charge in [-0.25, -0.2) is 4.39 Å². The molecule has 7 heteroatoms. The molecule has 37 heavy (non-hydrogen) atoms. The van der Waals surface area contributed by atoms with Crippen LogP contribution in [0.1, 0.15) is 54.1 Å². The predicted molar refractivity (Wildman–Crippen MR) is 144 cm³/mol. The molecule has 0 spiro atoms. The molecule has 0 unspecified atom stereocenters. The Balaban J connectivity index is 1.43. The van der Waals surface area contributed by atoms with Crippen LogP contribution < -0.4 is 16.2 Å². The van der Waals surface area contributed by atoms with E-state index in [4.69, 9.17) is 0 Å². The average Bonchev–Trinajstić information content (AvgIpc) is 3.81. The number of amides is 1. The van der Waals surface area contributed by atoms with Gasteiger partial charge in [-0.15, -0.1) is 0 Å². The van der Waals surface area contributed by atoms with E-state index < -0.39 is 5.82 Å². The van der Waals surface area contributed by atoms with Crippen LogP contribution in [0.15, 0.2) is 41.3 Å². The lowest BCUT2D eigenvalue weighted by Crippen LogP contribution is -2.48. The summed E-state index contributed by atoms with van der Waals surface area (Å²) in [5.74, 6) is -0.0371. The molecular formula is C30H35FN4O2. The number of hydrogen-bond donors (Lipinski definition) is 2. The van der Waals surface area contributed by atoms with E-state index in [2.05, 4.69) is 22.5 Å². The van der Waals surface area contributed by atoms with Gasteiger partial charge < -0.3 is 15.2 Å². The molecule has 2 aromatic carbocycles. The van der Waals surface area contributed by atoms with Gasteiger partial charge in [0.05, 0.1) is 0 Å². The van der Waals surface area contributed by atoms with Gasteiger partial charge in [-0.3, -0.25) is 14.5 Å². The van der Waals surface area contributed by atoms with E-state index in [1.54, 1.807) is 13.0 Å². The molecule has 1 atom stereocenters. The molecule has 3 fully saturated rings. The molecule has 1 saturated heterocycles. The van der Waals surface area contributed by atoms with Gasteiger partial charge in [0, 0.05) is 62.0 Å². The number of aromatic nitrogens is 1. The average molecular weight is 503 g/mol. The summed E-state index contributed by atoms with van der Waals surface area (Å²) in [4.78, 5) is 28.6. The van der Waals surface area contributed by atoms with Gasteiger partial charge in [0.2, 0.25) is 0 Å². The number of hydrogen-bond acceptors (Lipinski definition) is 4. The van der Waals surface area contributed by atoms with Crippen molar-refractivity contribution in [3.8, 4) is 11.1 Å². The summed E-state index contributed by atoms with van der Waals surface area (Å²) < 4.78 is 16.9. The number of halogens is 1. The number of nitrogens with one attached hydrogen (secondary N) is 2. The van der Waals surface area contributed by atoms with Crippen molar-refractivity contribution in [2.45, 2.75) is 64.7 Å². The topological polar surface area (TPSA) is 66.4 Å². The predicted octanol–water partition coefficient (Wildman–Crippen LogP) is 4.21. The summed E-state index contributed by atoms with van der Waals surface area (Å²) in [6.45, 7) is 8.31. The zero-order chi connectivity index (χ0) is 25.7. The van der Waals surface area contributed by atoms with Crippen LogP contribution in [-0.2, 0) is 13.1 Å². The molecule has 2 saturated carbocycles. The van der Waals surface area contributed by atoms with E-state index in [9.17, 15) is 14.0 Å². The normalized spacial score (nSPS) is 20.4. The summed E-state index contributed by atoms with van der Waals surface area (Å²) in [5.41, 5.74) is 3.49. The molecule has 2 N–H and O–H groups in total.